The third-order valence-electron chi connectivity index (χ3n) is 2.61. The van der Waals surface area contributed by atoms with Gasteiger partial charge in [0, 0.05) is 19.0 Å². The second kappa shape index (κ2) is 2.59. The summed E-state index contributed by atoms with van der Waals surface area (Å²) in [4.78, 5) is 13.4. The van der Waals surface area contributed by atoms with Crippen molar-refractivity contribution >= 4 is 5.78 Å². The lowest BCUT2D eigenvalue weighted by molar-refractivity contribution is -0.122. The van der Waals surface area contributed by atoms with Crippen LogP contribution in [0, 0.1) is 11.3 Å². The first-order valence-electron chi connectivity index (χ1n) is 4.12. The van der Waals surface area contributed by atoms with E-state index in [2.05, 4.69) is 25.8 Å². The zero-order chi connectivity index (χ0) is 8.65. The highest BCUT2D eigenvalue weighted by atomic mass is 16.1. The van der Waals surface area contributed by atoms with Crippen LogP contribution < -0.4 is 0 Å². The number of nitrogens with zero attached hydrogens (tertiary/aromatic N) is 1. The molecule has 1 saturated heterocycles. The summed E-state index contributed by atoms with van der Waals surface area (Å²) < 4.78 is 0. The third-order valence-corrected chi connectivity index (χ3v) is 2.61. The van der Waals surface area contributed by atoms with E-state index in [1.54, 1.807) is 6.92 Å². The van der Waals surface area contributed by atoms with Gasteiger partial charge in [0.1, 0.15) is 5.78 Å². The second-order valence-corrected chi connectivity index (χ2v) is 4.35. The maximum atomic E-state index is 11.2. The van der Waals surface area contributed by atoms with Gasteiger partial charge in [-0.05, 0) is 19.4 Å². The fourth-order valence-electron chi connectivity index (χ4n) is 2.11. The largest absolute Gasteiger partial charge is 0.305 e. The van der Waals surface area contributed by atoms with E-state index >= 15 is 0 Å². The highest BCUT2D eigenvalue weighted by Crippen LogP contribution is 2.34. The van der Waals surface area contributed by atoms with Gasteiger partial charge >= 0.3 is 0 Å². The SMILES string of the molecule is CC(=O)[C@@H]1CN(C)CC1(C)C. The molecule has 2 nitrogen and oxygen atoms in total. The number of hydrogen-bond donors (Lipinski definition) is 0. The summed E-state index contributed by atoms with van der Waals surface area (Å²) in [6.45, 7) is 8.01. The molecule has 2 heteroatoms. The fraction of sp³-hybridized carbons (Fsp3) is 0.889. The van der Waals surface area contributed by atoms with E-state index in [4.69, 9.17) is 0 Å². The van der Waals surface area contributed by atoms with E-state index < -0.39 is 0 Å². The molecule has 64 valence electrons. The van der Waals surface area contributed by atoms with Crippen molar-refractivity contribution in [1.29, 1.82) is 0 Å². The van der Waals surface area contributed by atoms with Crippen LogP contribution in [0.25, 0.3) is 0 Å². The number of rotatable bonds is 1. The summed E-state index contributed by atoms with van der Waals surface area (Å²) in [7, 11) is 2.07. The third kappa shape index (κ3) is 1.62. The number of ketones is 1. The lowest BCUT2D eigenvalue weighted by atomic mass is 9.80. The Labute approximate surface area is 68.6 Å². The van der Waals surface area contributed by atoms with Crippen molar-refractivity contribution in [2.75, 3.05) is 20.1 Å². The normalized spacial score (nSPS) is 30.7. The minimum absolute atomic E-state index is 0.181. The Balaban J connectivity index is 2.74. The van der Waals surface area contributed by atoms with Gasteiger partial charge in [-0.2, -0.15) is 0 Å². The lowest BCUT2D eigenvalue weighted by Crippen LogP contribution is -2.27. The molecule has 0 N–H and O–H groups in total. The van der Waals surface area contributed by atoms with Crippen LogP contribution in [0.5, 0.6) is 0 Å². The van der Waals surface area contributed by atoms with Crippen molar-refractivity contribution in [2.24, 2.45) is 11.3 Å². The molecule has 1 heterocycles. The lowest BCUT2D eigenvalue weighted by Gasteiger charge is -2.22. The first-order valence-corrected chi connectivity index (χ1v) is 4.12. The van der Waals surface area contributed by atoms with E-state index in [0.717, 1.165) is 13.1 Å². The molecule has 0 aromatic rings. The number of carbonyl (C=O) groups is 1. The number of carbonyl (C=O) groups excluding carboxylic acids is 1. The van der Waals surface area contributed by atoms with Crippen LogP contribution in [-0.4, -0.2) is 30.8 Å². The maximum Gasteiger partial charge on any atom is 0.134 e. The Morgan fingerprint density at radius 1 is 1.55 bits per heavy atom. The molecule has 1 fully saturated rings. The van der Waals surface area contributed by atoms with Crippen molar-refractivity contribution < 1.29 is 4.79 Å². The van der Waals surface area contributed by atoms with Crippen LogP contribution in [-0.2, 0) is 4.79 Å². The number of hydrogen-bond acceptors (Lipinski definition) is 2. The summed E-state index contributed by atoms with van der Waals surface area (Å²) in [5.74, 6) is 0.576. The highest BCUT2D eigenvalue weighted by molar-refractivity contribution is 5.79. The van der Waals surface area contributed by atoms with E-state index in [0.29, 0.717) is 5.78 Å². The molecular weight excluding hydrogens is 138 g/mol. The topological polar surface area (TPSA) is 20.3 Å². The Morgan fingerprint density at radius 3 is 2.27 bits per heavy atom. The van der Waals surface area contributed by atoms with Crippen molar-refractivity contribution in [2.45, 2.75) is 20.8 Å². The van der Waals surface area contributed by atoms with Crippen LogP contribution >= 0.6 is 0 Å². The molecule has 0 aromatic carbocycles. The molecule has 1 rings (SSSR count). The highest BCUT2D eigenvalue weighted by Gasteiger charge is 2.40. The summed E-state index contributed by atoms with van der Waals surface area (Å²) in [5, 5.41) is 0. The quantitative estimate of drug-likeness (QED) is 0.566. The van der Waals surface area contributed by atoms with Gasteiger partial charge in [0.2, 0.25) is 0 Å². The average Bonchev–Trinajstić information content (AvgIpc) is 2.04. The molecule has 1 aliphatic rings. The molecule has 1 aliphatic heterocycles. The van der Waals surface area contributed by atoms with Crippen LogP contribution in [0.15, 0.2) is 0 Å². The van der Waals surface area contributed by atoms with Crippen molar-refractivity contribution in [3.05, 3.63) is 0 Å². The smallest absolute Gasteiger partial charge is 0.134 e. The first kappa shape index (κ1) is 8.72. The number of Topliss-reactive ketones (excluding diaryl/α,β-unsaturated/α-hetero) is 1. The standard InChI is InChI=1S/C9H17NO/c1-7(11)8-5-10(4)6-9(8,2)3/h8H,5-6H2,1-4H3/t8-/m0/s1. The summed E-state index contributed by atoms with van der Waals surface area (Å²) in [6.07, 6.45) is 0. The molecular formula is C9H17NO. The van der Waals surface area contributed by atoms with Gasteiger partial charge in [-0.15, -0.1) is 0 Å². The van der Waals surface area contributed by atoms with Crippen LogP contribution in [0.4, 0.5) is 0 Å². The van der Waals surface area contributed by atoms with Gasteiger partial charge in [-0.1, -0.05) is 13.8 Å². The molecule has 11 heavy (non-hydrogen) atoms. The average molecular weight is 155 g/mol. The molecule has 0 spiro atoms. The predicted molar refractivity (Wildman–Crippen MR) is 45.4 cm³/mol. The molecule has 0 unspecified atom stereocenters. The van der Waals surface area contributed by atoms with Crippen LogP contribution in [0.2, 0.25) is 0 Å². The van der Waals surface area contributed by atoms with Crippen molar-refractivity contribution in [3.8, 4) is 0 Å². The molecule has 1 atom stereocenters. The summed E-state index contributed by atoms with van der Waals surface area (Å²) in [6, 6.07) is 0. The fourth-order valence-corrected chi connectivity index (χ4v) is 2.11. The Bertz CT molecular complexity index is 174. The summed E-state index contributed by atoms with van der Waals surface area (Å²) >= 11 is 0. The maximum absolute atomic E-state index is 11.2. The molecule has 0 amide bonds. The first-order chi connectivity index (χ1) is 4.93. The Kier molecular flexibility index (Phi) is 2.06. The number of likely N-dealkylation sites (tertiary alicyclic amines) is 1. The molecule has 0 aliphatic carbocycles. The van der Waals surface area contributed by atoms with Gasteiger partial charge in [0.15, 0.2) is 0 Å². The second-order valence-electron chi connectivity index (χ2n) is 4.35. The molecule has 0 bridgehead atoms. The monoisotopic (exact) mass is 155 g/mol. The van der Waals surface area contributed by atoms with Crippen molar-refractivity contribution in [1.82, 2.24) is 4.90 Å². The molecule has 0 saturated carbocycles. The van der Waals surface area contributed by atoms with Gasteiger partial charge in [-0.25, -0.2) is 0 Å². The van der Waals surface area contributed by atoms with Gasteiger partial charge < -0.3 is 4.90 Å². The van der Waals surface area contributed by atoms with E-state index in [-0.39, 0.29) is 11.3 Å². The van der Waals surface area contributed by atoms with E-state index in [1.165, 1.54) is 0 Å². The van der Waals surface area contributed by atoms with Crippen LogP contribution in [0.1, 0.15) is 20.8 Å². The molecule has 0 radical (unpaired) electrons. The predicted octanol–water partition coefficient (Wildman–Crippen LogP) is 1.16. The van der Waals surface area contributed by atoms with E-state index in [1.807, 2.05) is 0 Å². The van der Waals surface area contributed by atoms with Gasteiger partial charge in [0.05, 0.1) is 0 Å². The minimum atomic E-state index is 0.181. The Hall–Kier alpha value is -0.370. The van der Waals surface area contributed by atoms with Crippen LogP contribution in [0.3, 0.4) is 0 Å². The van der Waals surface area contributed by atoms with Gasteiger partial charge in [0.25, 0.3) is 0 Å². The van der Waals surface area contributed by atoms with E-state index in [9.17, 15) is 4.79 Å². The zero-order valence-electron chi connectivity index (χ0n) is 7.85. The summed E-state index contributed by atoms with van der Waals surface area (Å²) in [5.41, 5.74) is 0.181. The Morgan fingerprint density at radius 2 is 2.09 bits per heavy atom. The zero-order valence-corrected chi connectivity index (χ0v) is 7.85. The van der Waals surface area contributed by atoms with Crippen molar-refractivity contribution in [3.63, 3.8) is 0 Å². The molecule has 0 aromatic heterocycles. The van der Waals surface area contributed by atoms with Gasteiger partial charge in [-0.3, -0.25) is 4.79 Å². The minimum Gasteiger partial charge on any atom is -0.305 e.